The summed E-state index contributed by atoms with van der Waals surface area (Å²) in [6, 6.07) is 3.52. The van der Waals surface area contributed by atoms with Crippen LogP contribution in [-0.2, 0) is 9.59 Å². The van der Waals surface area contributed by atoms with Gasteiger partial charge in [0.05, 0.1) is 6.54 Å². The van der Waals surface area contributed by atoms with Crippen molar-refractivity contribution >= 4 is 23.8 Å². The van der Waals surface area contributed by atoms with Crippen molar-refractivity contribution in [3.05, 3.63) is 30.0 Å². The van der Waals surface area contributed by atoms with Crippen molar-refractivity contribution in [2.45, 2.75) is 6.42 Å². The molecular formula is C13H15N3O3. The first-order valence-electron chi connectivity index (χ1n) is 6.04. The Labute approximate surface area is 110 Å². The second-order valence-electron chi connectivity index (χ2n) is 4.21. The SMILES string of the molecule is O=C(O)/C=C/c1cccnc1N1CCCNC(=O)C1. The number of nitrogens with zero attached hydrogens (tertiary/aromatic N) is 2. The first-order valence-corrected chi connectivity index (χ1v) is 6.04. The van der Waals surface area contributed by atoms with Crippen molar-refractivity contribution < 1.29 is 14.7 Å². The molecule has 0 saturated carbocycles. The molecule has 2 rings (SSSR count). The van der Waals surface area contributed by atoms with Crippen LogP contribution < -0.4 is 10.2 Å². The number of carbonyl (C=O) groups excluding carboxylic acids is 1. The van der Waals surface area contributed by atoms with Gasteiger partial charge in [-0.05, 0) is 24.6 Å². The van der Waals surface area contributed by atoms with Crippen LogP contribution in [0.5, 0.6) is 0 Å². The quantitative estimate of drug-likeness (QED) is 0.774. The fourth-order valence-corrected chi connectivity index (χ4v) is 1.95. The number of nitrogens with one attached hydrogen (secondary N) is 1. The number of carbonyl (C=O) groups is 2. The lowest BCUT2D eigenvalue weighted by Crippen LogP contribution is -2.33. The maximum Gasteiger partial charge on any atom is 0.328 e. The maximum absolute atomic E-state index is 11.6. The highest BCUT2D eigenvalue weighted by atomic mass is 16.4. The molecule has 1 aromatic rings. The van der Waals surface area contributed by atoms with E-state index in [2.05, 4.69) is 10.3 Å². The smallest absolute Gasteiger partial charge is 0.328 e. The van der Waals surface area contributed by atoms with Crippen LogP contribution in [-0.4, -0.2) is 41.6 Å². The third-order valence-corrected chi connectivity index (χ3v) is 2.78. The zero-order chi connectivity index (χ0) is 13.7. The summed E-state index contributed by atoms with van der Waals surface area (Å²) in [5.74, 6) is -0.420. The minimum Gasteiger partial charge on any atom is -0.478 e. The van der Waals surface area contributed by atoms with E-state index in [-0.39, 0.29) is 12.5 Å². The number of aliphatic carboxylic acids is 1. The van der Waals surface area contributed by atoms with E-state index >= 15 is 0 Å². The largest absolute Gasteiger partial charge is 0.478 e. The molecule has 0 aliphatic carbocycles. The first-order chi connectivity index (χ1) is 9.16. The van der Waals surface area contributed by atoms with Crippen LogP contribution in [0.25, 0.3) is 6.08 Å². The van der Waals surface area contributed by atoms with Crippen molar-refractivity contribution in [2.24, 2.45) is 0 Å². The van der Waals surface area contributed by atoms with Gasteiger partial charge < -0.3 is 15.3 Å². The Morgan fingerprint density at radius 1 is 1.53 bits per heavy atom. The molecule has 0 unspecified atom stereocenters. The minimum absolute atomic E-state index is 0.0451. The van der Waals surface area contributed by atoms with Crippen molar-refractivity contribution in [1.29, 1.82) is 0 Å². The predicted octanol–water partition coefficient (Wildman–Crippen LogP) is 0.506. The van der Waals surface area contributed by atoms with Crippen molar-refractivity contribution in [3.63, 3.8) is 0 Å². The van der Waals surface area contributed by atoms with Gasteiger partial charge in [-0.2, -0.15) is 0 Å². The predicted molar refractivity (Wildman–Crippen MR) is 70.7 cm³/mol. The Bertz CT molecular complexity index is 514. The molecule has 0 aromatic carbocycles. The molecule has 1 fully saturated rings. The summed E-state index contributed by atoms with van der Waals surface area (Å²) in [7, 11) is 0. The van der Waals surface area contributed by atoms with E-state index in [1.165, 1.54) is 6.08 Å². The van der Waals surface area contributed by atoms with Crippen LogP contribution in [0.1, 0.15) is 12.0 Å². The third-order valence-electron chi connectivity index (χ3n) is 2.78. The Morgan fingerprint density at radius 2 is 2.37 bits per heavy atom. The summed E-state index contributed by atoms with van der Waals surface area (Å²) in [6.45, 7) is 1.61. The Balaban J connectivity index is 2.27. The van der Waals surface area contributed by atoms with Crippen LogP contribution >= 0.6 is 0 Å². The van der Waals surface area contributed by atoms with Gasteiger partial charge in [0.15, 0.2) is 0 Å². The molecule has 2 N–H and O–H groups in total. The molecular weight excluding hydrogens is 246 g/mol. The summed E-state index contributed by atoms with van der Waals surface area (Å²) in [5, 5.41) is 11.5. The summed E-state index contributed by atoms with van der Waals surface area (Å²) in [4.78, 5) is 28.3. The molecule has 1 aromatic heterocycles. The molecule has 1 saturated heterocycles. The van der Waals surface area contributed by atoms with Crippen LogP contribution in [0.3, 0.4) is 0 Å². The maximum atomic E-state index is 11.6. The van der Waals surface area contributed by atoms with E-state index in [1.807, 2.05) is 4.90 Å². The highest BCUT2D eigenvalue weighted by molar-refractivity contribution is 5.87. The van der Waals surface area contributed by atoms with Crippen molar-refractivity contribution in [3.8, 4) is 0 Å². The van der Waals surface area contributed by atoms with Gasteiger partial charge in [-0.25, -0.2) is 9.78 Å². The molecule has 6 heteroatoms. The molecule has 0 bridgehead atoms. The van der Waals surface area contributed by atoms with Gasteiger partial charge in [0, 0.05) is 30.9 Å². The van der Waals surface area contributed by atoms with E-state index in [0.717, 1.165) is 12.5 Å². The summed E-state index contributed by atoms with van der Waals surface area (Å²) < 4.78 is 0. The third kappa shape index (κ3) is 3.54. The molecule has 1 amide bonds. The van der Waals surface area contributed by atoms with Gasteiger partial charge in [0.1, 0.15) is 5.82 Å². The van der Waals surface area contributed by atoms with Crippen molar-refractivity contribution in [1.82, 2.24) is 10.3 Å². The number of anilines is 1. The molecule has 0 atom stereocenters. The van der Waals surface area contributed by atoms with Crippen LogP contribution in [0.2, 0.25) is 0 Å². The lowest BCUT2D eigenvalue weighted by Gasteiger charge is -2.21. The minimum atomic E-state index is -1.01. The number of rotatable bonds is 3. The van der Waals surface area contributed by atoms with E-state index in [1.54, 1.807) is 18.3 Å². The van der Waals surface area contributed by atoms with Crippen LogP contribution in [0.15, 0.2) is 24.4 Å². The van der Waals surface area contributed by atoms with Gasteiger partial charge >= 0.3 is 5.97 Å². The molecule has 2 heterocycles. The van der Waals surface area contributed by atoms with Gasteiger partial charge in [0.2, 0.25) is 5.91 Å². The number of carboxylic acid groups (broad SMARTS) is 1. The monoisotopic (exact) mass is 261 g/mol. The molecule has 100 valence electrons. The molecule has 0 radical (unpaired) electrons. The second kappa shape index (κ2) is 5.99. The molecule has 0 spiro atoms. The average Bonchev–Trinajstić information content (AvgIpc) is 2.61. The standard InChI is InChI=1S/C13H15N3O3/c17-11-9-16(8-2-7-14-11)13-10(3-1-6-15-13)4-5-12(18)19/h1,3-6H,2,7-9H2,(H,14,17)(H,18,19)/b5-4+. The Hall–Kier alpha value is -2.37. The fraction of sp³-hybridized carbons (Fsp3) is 0.308. The first kappa shape index (κ1) is 13.1. The van der Waals surface area contributed by atoms with E-state index in [9.17, 15) is 9.59 Å². The molecule has 19 heavy (non-hydrogen) atoms. The zero-order valence-electron chi connectivity index (χ0n) is 10.4. The molecule has 6 nitrogen and oxygen atoms in total. The highest BCUT2D eigenvalue weighted by Gasteiger charge is 2.17. The topological polar surface area (TPSA) is 82.5 Å². The molecule has 1 aliphatic heterocycles. The van der Waals surface area contributed by atoms with Gasteiger partial charge in [-0.15, -0.1) is 0 Å². The molecule has 1 aliphatic rings. The second-order valence-corrected chi connectivity index (χ2v) is 4.21. The number of aromatic nitrogens is 1. The number of hydrogen-bond donors (Lipinski definition) is 2. The summed E-state index contributed by atoms with van der Waals surface area (Å²) >= 11 is 0. The summed E-state index contributed by atoms with van der Waals surface area (Å²) in [5.41, 5.74) is 0.694. The summed E-state index contributed by atoms with van der Waals surface area (Å²) in [6.07, 6.45) is 5.03. The number of hydrogen-bond acceptors (Lipinski definition) is 4. The van der Waals surface area contributed by atoms with Crippen LogP contribution in [0.4, 0.5) is 5.82 Å². The Morgan fingerprint density at radius 3 is 3.16 bits per heavy atom. The van der Waals surface area contributed by atoms with E-state index in [4.69, 9.17) is 5.11 Å². The van der Waals surface area contributed by atoms with E-state index in [0.29, 0.717) is 24.5 Å². The van der Waals surface area contributed by atoms with E-state index < -0.39 is 5.97 Å². The zero-order valence-corrected chi connectivity index (χ0v) is 10.4. The van der Waals surface area contributed by atoms with Gasteiger partial charge in [-0.1, -0.05) is 0 Å². The Kier molecular flexibility index (Phi) is 4.12. The van der Waals surface area contributed by atoms with Gasteiger partial charge in [0.25, 0.3) is 0 Å². The number of carboxylic acids is 1. The lowest BCUT2D eigenvalue weighted by atomic mass is 10.2. The fourth-order valence-electron chi connectivity index (χ4n) is 1.95. The van der Waals surface area contributed by atoms with Gasteiger partial charge in [-0.3, -0.25) is 4.79 Å². The highest BCUT2D eigenvalue weighted by Crippen LogP contribution is 2.19. The van der Waals surface area contributed by atoms with Crippen molar-refractivity contribution in [2.75, 3.05) is 24.5 Å². The normalized spacial score (nSPS) is 16.2. The van der Waals surface area contributed by atoms with Crippen LogP contribution in [0, 0.1) is 0 Å². The number of pyridine rings is 1. The average molecular weight is 261 g/mol. The number of amides is 1. The lowest BCUT2D eigenvalue weighted by molar-refractivity contribution is -0.131.